The molecule has 0 saturated carbocycles. The minimum absolute atomic E-state index is 0.142. The van der Waals surface area contributed by atoms with E-state index in [1.165, 1.54) is 12.0 Å². The van der Waals surface area contributed by atoms with Gasteiger partial charge in [-0.25, -0.2) is 0 Å². The molecule has 1 aliphatic heterocycles. The number of rotatable bonds is 1. The van der Waals surface area contributed by atoms with Gasteiger partial charge in [0.15, 0.2) is 6.29 Å². The van der Waals surface area contributed by atoms with Gasteiger partial charge in [0.2, 0.25) is 0 Å². The van der Waals surface area contributed by atoms with Crippen LogP contribution in [0, 0.1) is 17.3 Å². The van der Waals surface area contributed by atoms with Gasteiger partial charge < -0.3 is 9.47 Å². The van der Waals surface area contributed by atoms with E-state index >= 15 is 0 Å². The van der Waals surface area contributed by atoms with E-state index in [1.807, 2.05) is 19.1 Å². The lowest BCUT2D eigenvalue weighted by atomic mass is 9.63. The van der Waals surface area contributed by atoms with E-state index in [1.54, 1.807) is 0 Å². The molecular weight excluding hydrogens is 212 g/mol. The van der Waals surface area contributed by atoms with Crippen LogP contribution >= 0.6 is 0 Å². The number of hydrogen-bond donors (Lipinski definition) is 0. The molecule has 1 heterocycles. The fraction of sp³-hybridized carbons (Fsp3) is 0.733. The van der Waals surface area contributed by atoms with Gasteiger partial charge >= 0.3 is 0 Å². The van der Waals surface area contributed by atoms with Gasteiger partial charge in [0, 0.05) is 5.41 Å². The zero-order chi connectivity index (χ0) is 12.5. The van der Waals surface area contributed by atoms with Crippen LogP contribution in [0.15, 0.2) is 23.8 Å². The fourth-order valence-corrected chi connectivity index (χ4v) is 3.18. The molecule has 0 aromatic carbocycles. The van der Waals surface area contributed by atoms with E-state index in [0.717, 1.165) is 13.2 Å². The Labute approximate surface area is 105 Å². The molecule has 17 heavy (non-hydrogen) atoms. The van der Waals surface area contributed by atoms with Gasteiger partial charge in [-0.3, -0.25) is 0 Å². The van der Waals surface area contributed by atoms with Crippen LogP contribution in [0.2, 0.25) is 0 Å². The molecule has 0 radical (unpaired) electrons. The van der Waals surface area contributed by atoms with Crippen molar-refractivity contribution in [3.63, 3.8) is 0 Å². The molecule has 0 unspecified atom stereocenters. The molecule has 0 bridgehead atoms. The Hall–Kier alpha value is -0.600. The maximum absolute atomic E-state index is 5.85. The average Bonchev–Trinajstić information content (AvgIpc) is 2.28. The van der Waals surface area contributed by atoms with Crippen molar-refractivity contribution >= 4 is 0 Å². The van der Waals surface area contributed by atoms with Crippen LogP contribution in [0.3, 0.4) is 0 Å². The molecular formula is C15H24O2. The molecule has 1 aliphatic carbocycles. The highest BCUT2D eigenvalue weighted by Crippen LogP contribution is 2.46. The van der Waals surface area contributed by atoms with Crippen LogP contribution in [-0.4, -0.2) is 19.5 Å². The van der Waals surface area contributed by atoms with Crippen molar-refractivity contribution < 1.29 is 9.47 Å². The summed E-state index contributed by atoms with van der Waals surface area (Å²) < 4.78 is 11.7. The Balaban J connectivity index is 2.11. The first-order valence-electron chi connectivity index (χ1n) is 6.62. The monoisotopic (exact) mass is 236 g/mol. The van der Waals surface area contributed by atoms with Crippen molar-refractivity contribution in [2.45, 2.75) is 40.4 Å². The molecule has 0 N–H and O–H groups in total. The van der Waals surface area contributed by atoms with Crippen molar-refractivity contribution in [3.05, 3.63) is 23.8 Å². The van der Waals surface area contributed by atoms with Crippen LogP contribution < -0.4 is 0 Å². The summed E-state index contributed by atoms with van der Waals surface area (Å²) in [6, 6.07) is 0. The first kappa shape index (κ1) is 12.8. The van der Waals surface area contributed by atoms with E-state index in [4.69, 9.17) is 9.47 Å². The highest BCUT2D eigenvalue weighted by Gasteiger charge is 2.46. The quantitative estimate of drug-likeness (QED) is 0.648. The first-order chi connectivity index (χ1) is 8.08. The first-order valence-corrected chi connectivity index (χ1v) is 6.62. The van der Waals surface area contributed by atoms with E-state index in [9.17, 15) is 0 Å². The Morgan fingerprint density at radius 1 is 1.29 bits per heavy atom. The van der Waals surface area contributed by atoms with Gasteiger partial charge in [-0.2, -0.15) is 0 Å². The SMILES string of the molecule is C/C=C/C1OCC2(CO1)[C@H](C)C=C(C)C[C@H]2C. The Morgan fingerprint density at radius 3 is 2.47 bits per heavy atom. The third-order valence-electron chi connectivity index (χ3n) is 4.43. The second kappa shape index (κ2) is 4.95. The molecule has 2 rings (SSSR count). The molecule has 96 valence electrons. The van der Waals surface area contributed by atoms with E-state index in [0.29, 0.717) is 11.8 Å². The van der Waals surface area contributed by atoms with Gasteiger partial charge in [0.05, 0.1) is 13.2 Å². The summed E-state index contributed by atoms with van der Waals surface area (Å²) in [6.45, 7) is 10.5. The summed E-state index contributed by atoms with van der Waals surface area (Å²) >= 11 is 0. The predicted octanol–water partition coefficient (Wildman–Crippen LogP) is 3.54. The van der Waals surface area contributed by atoms with Gasteiger partial charge in [-0.15, -0.1) is 0 Å². The van der Waals surface area contributed by atoms with Crippen molar-refractivity contribution in [1.82, 2.24) is 0 Å². The molecule has 0 aromatic rings. The Morgan fingerprint density at radius 2 is 1.94 bits per heavy atom. The summed E-state index contributed by atoms with van der Waals surface area (Å²) in [5, 5.41) is 0. The smallest absolute Gasteiger partial charge is 0.176 e. The highest BCUT2D eigenvalue weighted by molar-refractivity contribution is 5.13. The van der Waals surface area contributed by atoms with Crippen LogP contribution in [0.4, 0.5) is 0 Å². The second-order valence-electron chi connectivity index (χ2n) is 5.66. The molecule has 1 saturated heterocycles. The standard InChI is InChI=1S/C15H24O2/c1-5-6-14-16-9-15(10-17-14)12(3)7-11(2)8-13(15)4/h5-7,12-14H,8-10H2,1-4H3/b6-5+/t12-,13-,14?,15?/m1/s1. The van der Waals surface area contributed by atoms with Gasteiger partial charge in [0.25, 0.3) is 0 Å². The average molecular weight is 236 g/mol. The lowest BCUT2D eigenvalue weighted by Gasteiger charge is -2.49. The summed E-state index contributed by atoms with van der Waals surface area (Å²) in [5.41, 5.74) is 1.68. The third kappa shape index (κ3) is 2.34. The molecule has 2 atom stereocenters. The normalized spacial score (nSPS) is 43.1. The maximum Gasteiger partial charge on any atom is 0.176 e. The summed E-state index contributed by atoms with van der Waals surface area (Å²) in [6.07, 6.45) is 7.39. The summed E-state index contributed by atoms with van der Waals surface area (Å²) in [5.74, 6) is 1.17. The van der Waals surface area contributed by atoms with Crippen LogP contribution in [0.5, 0.6) is 0 Å². The van der Waals surface area contributed by atoms with E-state index in [2.05, 4.69) is 26.8 Å². The summed E-state index contributed by atoms with van der Waals surface area (Å²) in [7, 11) is 0. The zero-order valence-electron chi connectivity index (χ0n) is 11.4. The van der Waals surface area contributed by atoms with Crippen LogP contribution in [0.25, 0.3) is 0 Å². The Kier molecular flexibility index (Phi) is 3.74. The lowest BCUT2D eigenvalue weighted by Crippen LogP contribution is -2.50. The fourth-order valence-electron chi connectivity index (χ4n) is 3.18. The highest BCUT2D eigenvalue weighted by atomic mass is 16.7. The van der Waals surface area contributed by atoms with Crippen molar-refractivity contribution in [1.29, 1.82) is 0 Å². The Bertz CT molecular complexity index is 322. The van der Waals surface area contributed by atoms with E-state index < -0.39 is 0 Å². The molecule has 0 aromatic heterocycles. The molecule has 2 aliphatic rings. The molecule has 1 spiro atoms. The molecule has 0 amide bonds. The summed E-state index contributed by atoms with van der Waals surface area (Å²) in [4.78, 5) is 0. The second-order valence-corrected chi connectivity index (χ2v) is 5.66. The number of ether oxygens (including phenoxy) is 2. The lowest BCUT2D eigenvalue weighted by molar-refractivity contribution is -0.229. The van der Waals surface area contributed by atoms with Gasteiger partial charge in [0.1, 0.15) is 0 Å². The van der Waals surface area contributed by atoms with Crippen LogP contribution in [0.1, 0.15) is 34.1 Å². The molecule has 2 heteroatoms. The van der Waals surface area contributed by atoms with Crippen molar-refractivity contribution in [2.24, 2.45) is 17.3 Å². The van der Waals surface area contributed by atoms with Crippen molar-refractivity contribution in [2.75, 3.05) is 13.2 Å². The molecule has 1 fully saturated rings. The molecule has 2 nitrogen and oxygen atoms in total. The largest absolute Gasteiger partial charge is 0.348 e. The van der Waals surface area contributed by atoms with Gasteiger partial charge in [-0.1, -0.05) is 31.6 Å². The minimum atomic E-state index is -0.142. The van der Waals surface area contributed by atoms with Crippen molar-refractivity contribution in [3.8, 4) is 0 Å². The third-order valence-corrected chi connectivity index (χ3v) is 4.43. The topological polar surface area (TPSA) is 18.5 Å². The van der Waals surface area contributed by atoms with Crippen LogP contribution in [-0.2, 0) is 9.47 Å². The minimum Gasteiger partial charge on any atom is -0.348 e. The van der Waals surface area contributed by atoms with Gasteiger partial charge in [-0.05, 0) is 38.2 Å². The van der Waals surface area contributed by atoms with E-state index in [-0.39, 0.29) is 11.7 Å². The number of hydrogen-bond acceptors (Lipinski definition) is 2. The number of allylic oxidation sites excluding steroid dienone is 3. The zero-order valence-corrected chi connectivity index (χ0v) is 11.4. The maximum atomic E-state index is 5.85. The predicted molar refractivity (Wildman–Crippen MR) is 69.6 cm³/mol.